The van der Waals surface area contributed by atoms with Gasteiger partial charge in [0.1, 0.15) is 5.01 Å². The van der Waals surface area contributed by atoms with Crippen molar-refractivity contribution >= 4 is 11.3 Å². The first-order chi connectivity index (χ1) is 9.65. The third kappa shape index (κ3) is 3.29. The van der Waals surface area contributed by atoms with Crippen LogP contribution in [0.25, 0.3) is 10.6 Å². The molecular formula is C15H20N2O2S. The van der Waals surface area contributed by atoms with Gasteiger partial charge in [0.25, 0.3) is 0 Å². The van der Waals surface area contributed by atoms with Crippen molar-refractivity contribution < 1.29 is 9.47 Å². The summed E-state index contributed by atoms with van der Waals surface area (Å²) in [6, 6.07) is 5.82. The standard InChI is InChI=1S/C15H20N2O2S/c1-4-7-19-14-8-11(5-6-13(14)18-3)15-17-12(9-20-15)10(2)16/h5-6,8-10H,4,7,16H2,1-3H3. The van der Waals surface area contributed by atoms with Crippen molar-refractivity contribution in [1.82, 2.24) is 4.98 Å². The lowest BCUT2D eigenvalue weighted by Gasteiger charge is -2.11. The van der Waals surface area contributed by atoms with Crippen LogP contribution in [0.3, 0.4) is 0 Å². The number of rotatable bonds is 6. The lowest BCUT2D eigenvalue weighted by Crippen LogP contribution is -2.04. The number of thiazole rings is 1. The molecule has 1 unspecified atom stereocenters. The maximum atomic E-state index is 5.85. The van der Waals surface area contributed by atoms with Crippen LogP contribution in [-0.2, 0) is 0 Å². The van der Waals surface area contributed by atoms with Crippen molar-refractivity contribution in [3.63, 3.8) is 0 Å². The van der Waals surface area contributed by atoms with E-state index in [2.05, 4.69) is 11.9 Å². The molecule has 2 aromatic rings. The lowest BCUT2D eigenvalue weighted by molar-refractivity contribution is 0.294. The van der Waals surface area contributed by atoms with Crippen LogP contribution in [0.4, 0.5) is 0 Å². The molecule has 0 aliphatic carbocycles. The predicted molar refractivity (Wildman–Crippen MR) is 82.5 cm³/mol. The van der Waals surface area contributed by atoms with E-state index in [1.165, 1.54) is 0 Å². The minimum atomic E-state index is -0.0472. The number of nitrogens with two attached hydrogens (primary N) is 1. The molecule has 2 N–H and O–H groups in total. The number of hydrogen-bond acceptors (Lipinski definition) is 5. The van der Waals surface area contributed by atoms with Crippen LogP contribution >= 0.6 is 11.3 Å². The van der Waals surface area contributed by atoms with Crippen molar-refractivity contribution in [2.75, 3.05) is 13.7 Å². The van der Waals surface area contributed by atoms with Gasteiger partial charge in [-0.2, -0.15) is 0 Å². The molecule has 0 spiro atoms. The number of ether oxygens (including phenoxy) is 2. The van der Waals surface area contributed by atoms with E-state index in [1.807, 2.05) is 30.5 Å². The zero-order valence-electron chi connectivity index (χ0n) is 12.1. The van der Waals surface area contributed by atoms with Crippen molar-refractivity contribution in [2.24, 2.45) is 5.73 Å². The van der Waals surface area contributed by atoms with Gasteiger partial charge in [-0.1, -0.05) is 6.92 Å². The monoisotopic (exact) mass is 292 g/mol. The molecule has 0 aliphatic heterocycles. The van der Waals surface area contributed by atoms with E-state index in [0.717, 1.165) is 34.2 Å². The van der Waals surface area contributed by atoms with Gasteiger partial charge in [0, 0.05) is 17.0 Å². The van der Waals surface area contributed by atoms with Gasteiger partial charge in [0.05, 0.1) is 19.4 Å². The molecule has 1 aromatic carbocycles. The quantitative estimate of drug-likeness (QED) is 0.883. The third-order valence-corrected chi connectivity index (χ3v) is 3.77. The summed E-state index contributed by atoms with van der Waals surface area (Å²) < 4.78 is 11.0. The molecule has 0 aliphatic rings. The van der Waals surface area contributed by atoms with Crippen molar-refractivity contribution in [3.05, 3.63) is 29.3 Å². The second-order valence-corrected chi connectivity index (χ2v) is 5.44. The van der Waals surface area contributed by atoms with Gasteiger partial charge in [-0.15, -0.1) is 11.3 Å². The predicted octanol–water partition coefficient (Wildman–Crippen LogP) is 3.63. The topological polar surface area (TPSA) is 57.4 Å². The minimum absolute atomic E-state index is 0.0472. The van der Waals surface area contributed by atoms with Crippen LogP contribution in [0.5, 0.6) is 11.5 Å². The highest BCUT2D eigenvalue weighted by Crippen LogP contribution is 2.34. The molecule has 1 aromatic heterocycles. The Bertz CT molecular complexity index is 567. The molecule has 0 bridgehead atoms. The SMILES string of the molecule is CCCOc1cc(-c2nc(C(C)N)cs2)ccc1OC. The van der Waals surface area contributed by atoms with E-state index in [4.69, 9.17) is 15.2 Å². The Hall–Kier alpha value is -1.59. The molecule has 4 nitrogen and oxygen atoms in total. The largest absolute Gasteiger partial charge is 0.493 e. The summed E-state index contributed by atoms with van der Waals surface area (Å²) in [4.78, 5) is 4.55. The second-order valence-electron chi connectivity index (χ2n) is 4.58. The summed E-state index contributed by atoms with van der Waals surface area (Å²) in [5, 5.41) is 2.94. The Morgan fingerprint density at radius 3 is 2.75 bits per heavy atom. The zero-order chi connectivity index (χ0) is 14.5. The van der Waals surface area contributed by atoms with Gasteiger partial charge >= 0.3 is 0 Å². The average molecular weight is 292 g/mol. The zero-order valence-corrected chi connectivity index (χ0v) is 12.9. The van der Waals surface area contributed by atoms with E-state index >= 15 is 0 Å². The normalized spacial score (nSPS) is 12.2. The van der Waals surface area contributed by atoms with E-state index in [-0.39, 0.29) is 6.04 Å². The maximum absolute atomic E-state index is 5.85. The number of hydrogen-bond donors (Lipinski definition) is 1. The fourth-order valence-corrected chi connectivity index (χ4v) is 2.68. The fourth-order valence-electron chi connectivity index (χ4n) is 1.76. The number of aromatic nitrogens is 1. The summed E-state index contributed by atoms with van der Waals surface area (Å²) in [5.41, 5.74) is 7.78. The Morgan fingerprint density at radius 2 is 2.15 bits per heavy atom. The molecule has 0 fully saturated rings. The van der Waals surface area contributed by atoms with Crippen LogP contribution in [0.15, 0.2) is 23.6 Å². The molecule has 0 saturated heterocycles. The summed E-state index contributed by atoms with van der Waals surface area (Å²) in [7, 11) is 1.64. The number of nitrogens with zero attached hydrogens (tertiary/aromatic N) is 1. The van der Waals surface area contributed by atoms with Crippen LogP contribution in [0.2, 0.25) is 0 Å². The first kappa shape index (κ1) is 14.8. The van der Waals surface area contributed by atoms with Gasteiger partial charge in [-0.3, -0.25) is 0 Å². The Labute approximate surface area is 123 Å². The van der Waals surface area contributed by atoms with Crippen molar-refractivity contribution in [1.29, 1.82) is 0 Å². The molecule has 5 heteroatoms. The Balaban J connectivity index is 2.31. The van der Waals surface area contributed by atoms with E-state index in [9.17, 15) is 0 Å². The van der Waals surface area contributed by atoms with Crippen molar-refractivity contribution in [2.45, 2.75) is 26.3 Å². The molecule has 20 heavy (non-hydrogen) atoms. The van der Waals surface area contributed by atoms with E-state index in [1.54, 1.807) is 18.4 Å². The van der Waals surface area contributed by atoms with Crippen LogP contribution < -0.4 is 15.2 Å². The third-order valence-electron chi connectivity index (χ3n) is 2.86. The van der Waals surface area contributed by atoms with Gasteiger partial charge in [-0.05, 0) is 31.5 Å². The lowest BCUT2D eigenvalue weighted by atomic mass is 10.2. The Morgan fingerprint density at radius 1 is 1.35 bits per heavy atom. The summed E-state index contributed by atoms with van der Waals surface area (Å²) in [6.07, 6.45) is 0.958. The molecule has 0 amide bonds. The summed E-state index contributed by atoms with van der Waals surface area (Å²) in [5.74, 6) is 1.50. The van der Waals surface area contributed by atoms with E-state index in [0.29, 0.717) is 6.61 Å². The van der Waals surface area contributed by atoms with Gasteiger partial charge in [-0.25, -0.2) is 4.98 Å². The first-order valence-electron chi connectivity index (χ1n) is 6.68. The average Bonchev–Trinajstić information content (AvgIpc) is 2.94. The summed E-state index contributed by atoms with van der Waals surface area (Å²) >= 11 is 1.59. The molecule has 0 radical (unpaired) electrons. The fraction of sp³-hybridized carbons (Fsp3) is 0.400. The summed E-state index contributed by atoms with van der Waals surface area (Å²) in [6.45, 7) is 4.68. The second kappa shape index (κ2) is 6.72. The molecular weight excluding hydrogens is 272 g/mol. The molecule has 2 rings (SSSR count). The number of benzene rings is 1. The van der Waals surface area contributed by atoms with Crippen LogP contribution in [0.1, 0.15) is 32.0 Å². The molecule has 108 valence electrons. The van der Waals surface area contributed by atoms with Gasteiger partial charge < -0.3 is 15.2 Å². The highest BCUT2D eigenvalue weighted by atomic mass is 32.1. The first-order valence-corrected chi connectivity index (χ1v) is 7.56. The number of methoxy groups -OCH3 is 1. The van der Waals surface area contributed by atoms with E-state index < -0.39 is 0 Å². The van der Waals surface area contributed by atoms with Crippen LogP contribution in [-0.4, -0.2) is 18.7 Å². The van der Waals surface area contributed by atoms with Crippen LogP contribution in [0, 0.1) is 0 Å². The molecule has 1 atom stereocenters. The smallest absolute Gasteiger partial charge is 0.161 e. The highest BCUT2D eigenvalue weighted by molar-refractivity contribution is 7.13. The highest BCUT2D eigenvalue weighted by Gasteiger charge is 2.11. The Kier molecular flexibility index (Phi) is 4.98. The van der Waals surface area contributed by atoms with Gasteiger partial charge in [0.15, 0.2) is 11.5 Å². The molecule has 1 heterocycles. The van der Waals surface area contributed by atoms with Crippen molar-refractivity contribution in [3.8, 4) is 22.1 Å². The molecule has 0 saturated carbocycles. The van der Waals surface area contributed by atoms with Gasteiger partial charge in [0.2, 0.25) is 0 Å². The minimum Gasteiger partial charge on any atom is -0.493 e. The maximum Gasteiger partial charge on any atom is 0.161 e.